The third-order valence-corrected chi connectivity index (χ3v) is 11.7. The van der Waals surface area contributed by atoms with Crippen molar-refractivity contribution in [2.75, 3.05) is 0 Å². The van der Waals surface area contributed by atoms with E-state index in [1.807, 2.05) is 0 Å². The minimum atomic E-state index is -0.525. The molecule has 0 radical (unpaired) electrons. The lowest BCUT2D eigenvalue weighted by molar-refractivity contribution is -0.135. The lowest BCUT2D eigenvalue weighted by atomic mass is 9.90. The highest BCUT2D eigenvalue weighted by Crippen LogP contribution is 2.50. The van der Waals surface area contributed by atoms with E-state index in [-0.39, 0.29) is 81.4 Å². The standard InChI is InChI=1S/C52H68O10/c1-5-9-13-17-21-31-39(55)59-49-35-27-25-29-37(53)43(35)51(61-41(57)33-23-19-15-11-7-3)47-45(49)46-48(47)52(62-42(58)34-24-20-16-12-8-4)44-36(28-26-30-38(44)54)50(46)60-40(56)32-22-18-14-10-6-2/h25-30,53-54H,5-24,31-34H2,1-4H3. The number of hydrogen-bond donors (Lipinski definition) is 2. The van der Waals surface area contributed by atoms with Gasteiger partial charge < -0.3 is 29.2 Å². The lowest BCUT2D eigenvalue weighted by Crippen LogP contribution is -2.16. The molecule has 0 amide bonds. The first kappa shape index (κ1) is 47.9. The van der Waals surface area contributed by atoms with E-state index in [0.717, 1.165) is 103 Å². The number of hydrogen-bond acceptors (Lipinski definition) is 10. The van der Waals surface area contributed by atoms with Crippen LogP contribution in [0.2, 0.25) is 0 Å². The number of fused-ring (bicyclic) bond motifs is 4. The Labute approximate surface area is 366 Å². The van der Waals surface area contributed by atoms with E-state index in [0.29, 0.717) is 46.9 Å². The molecule has 0 saturated carbocycles. The molecule has 0 spiro atoms. The topological polar surface area (TPSA) is 146 Å². The Morgan fingerprint density at radius 3 is 0.919 bits per heavy atom. The molecule has 0 atom stereocenters. The van der Waals surface area contributed by atoms with Gasteiger partial charge >= 0.3 is 23.9 Å². The minimum Gasteiger partial charge on any atom is -0.507 e. The summed E-state index contributed by atoms with van der Waals surface area (Å²) in [5.74, 6) is -2.27. The van der Waals surface area contributed by atoms with Crippen LogP contribution in [0.5, 0.6) is 34.5 Å². The van der Waals surface area contributed by atoms with Crippen molar-refractivity contribution in [3.8, 4) is 34.5 Å². The predicted molar refractivity (Wildman–Crippen MR) is 243 cm³/mol. The van der Waals surface area contributed by atoms with Crippen molar-refractivity contribution < 1.29 is 48.3 Å². The van der Waals surface area contributed by atoms with Crippen molar-refractivity contribution in [2.45, 2.75) is 182 Å². The zero-order valence-corrected chi connectivity index (χ0v) is 37.6. The summed E-state index contributed by atoms with van der Waals surface area (Å²) in [6, 6.07) is 9.55. The molecule has 1 aliphatic rings. The van der Waals surface area contributed by atoms with Crippen LogP contribution in [0, 0.1) is 20.9 Å². The van der Waals surface area contributed by atoms with Gasteiger partial charge in [0, 0.05) is 57.3 Å². The number of aromatic hydroxyl groups is 2. The van der Waals surface area contributed by atoms with Crippen LogP contribution < -0.4 is 18.9 Å². The first-order valence-electron chi connectivity index (χ1n) is 23.6. The second-order valence-electron chi connectivity index (χ2n) is 16.8. The van der Waals surface area contributed by atoms with E-state index in [4.69, 9.17) is 18.9 Å². The van der Waals surface area contributed by atoms with Crippen LogP contribution in [-0.2, 0) is 19.2 Å². The minimum absolute atomic E-state index is 0.00152. The highest BCUT2D eigenvalue weighted by atomic mass is 16.6. The van der Waals surface area contributed by atoms with Crippen LogP contribution in [0.25, 0.3) is 21.5 Å². The van der Waals surface area contributed by atoms with Crippen molar-refractivity contribution in [3.05, 3.63) is 57.3 Å². The summed E-state index contributed by atoms with van der Waals surface area (Å²) in [7, 11) is 0. The van der Waals surface area contributed by atoms with Crippen molar-refractivity contribution in [3.63, 3.8) is 0 Å². The summed E-state index contributed by atoms with van der Waals surface area (Å²) in [5.41, 5.74) is 0. The number of unbranched alkanes of at least 4 members (excludes halogenated alkanes) is 16. The normalized spacial score (nSPS) is 11.5. The van der Waals surface area contributed by atoms with E-state index < -0.39 is 23.9 Å². The molecule has 10 nitrogen and oxygen atoms in total. The Morgan fingerprint density at radius 2 is 0.629 bits per heavy atom. The van der Waals surface area contributed by atoms with Crippen molar-refractivity contribution in [2.24, 2.45) is 0 Å². The molecule has 4 aromatic carbocycles. The number of rotatable bonds is 28. The first-order valence-corrected chi connectivity index (χ1v) is 23.6. The molecule has 0 bridgehead atoms. The van der Waals surface area contributed by atoms with Gasteiger partial charge in [0.15, 0.2) is 11.5 Å². The van der Waals surface area contributed by atoms with Gasteiger partial charge in [-0.2, -0.15) is 0 Å². The van der Waals surface area contributed by atoms with Crippen LogP contribution in [0.15, 0.2) is 36.4 Å². The lowest BCUT2D eigenvalue weighted by Gasteiger charge is -2.23. The maximum absolute atomic E-state index is 13.8. The van der Waals surface area contributed by atoms with Gasteiger partial charge in [-0.3, -0.25) is 19.2 Å². The fraction of sp³-hybridized carbons (Fsp3) is 0.538. The molecule has 5 rings (SSSR count). The van der Waals surface area contributed by atoms with E-state index in [9.17, 15) is 29.4 Å². The van der Waals surface area contributed by atoms with Crippen molar-refractivity contribution in [1.82, 2.24) is 0 Å². The Bertz CT molecular complexity index is 2220. The monoisotopic (exact) mass is 852 g/mol. The van der Waals surface area contributed by atoms with Crippen LogP contribution in [0.1, 0.15) is 182 Å². The van der Waals surface area contributed by atoms with E-state index >= 15 is 0 Å². The smallest absolute Gasteiger partial charge is 0.311 e. The molecule has 62 heavy (non-hydrogen) atoms. The number of benzene rings is 4. The first-order chi connectivity index (χ1) is 30.2. The van der Waals surface area contributed by atoms with Crippen molar-refractivity contribution in [1.29, 1.82) is 0 Å². The van der Waals surface area contributed by atoms with Crippen molar-refractivity contribution >= 4 is 45.4 Å². The highest BCUT2D eigenvalue weighted by molar-refractivity contribution is 6.04. The van der Waals surface area contributed by atoms with E-state index in [1.165, 1.54) is 12.1 Å². The largest absolute Gasteiger partial charge is 0.507 e. The molecule has 0 unspecified atom stereocenters. The molecule has 0 heterocycles. The summed E-state index contributed by atoms with van der Waals surface area (Å²) < 4.78 is 25.1. The second kappa shape index (κ2) is 24.5. The Morgan fingerprint density at radius 1 is 0.371 bits per heavy atom. The number of esters is 4. The third-order valence-electron chi connectivity index (χ3n) is 11.7. The molecule has 336 valence electrons. The average Bonchev–Trinajstić information content (AvgIpc) is 3.23. The van der Waals surface area contributed by atoms with Gasteiger partial charge in [-0.1, -0.05) is 155 Å². The van der Waals surface area contributed by atoms with Gasteiger partial charge in [-0.05, 0) is 37.8 Å². The number of ether oxygens (including phenoxy) is 4. The van der Waals surface area contributed by atoms with Crippen LogP contribution in [0.3, 0.4) is 0 Å². The van der Waals surface area contributed by atoms with Gasteiger partial charge in [0.1, 0.15) is 23.0 Å². The maximum Gasteiger partial charge on any atom is 0.311 e. The van der Waals surface area contributed by atoms with E-state index in [2.05, 4.69) is 27.7 Å². The number of carbonyl (C=O) groups is 4. The Kier molecular flexibility index (Phi) is 18.9. The maximum atomic E-state index is 13.8. The Hall–Kier alpha value is -5.12. The highest BCUT2D eigenvalue weighted by Gasteiger charge is 2.31. The average molecular weight is 853 g/mol. The number of phenolic OH excluding ortho intramolecular Hbond substituents is 2. The number of phenols is 2. The zero-order valence-electron chi connectivity index (χ0n) is 37.6. The predicted octanol–water partition coefficient (Wildman–Crippen LogP) is 13.4. The second-order valence-corrected chi connectivity index (χ2v) is 16.8. The van der Waals surface area contributed by atoms with Gasteiger partial charge in [0.25, 0.3) is 0 Å². The van der Waals surface area contributed by atoms with Gasteiger partial charge in [-0.25, -0.2) is 0 Å². The van der Waals surface area contributed by atoms with Gasteiger partial charge in [0.05, 0.1) is 10.8 Å². The molecule has 4 aromatic rings. The SMILES string of the molecule is CCCCCCCC(=O)Oc1c2c(c(OC(=O)CCCCCCC)c3c(O)cccc13)=c1c(OC(=O)CCCCCCC)c3c(O)cccc3c(OC(=O)CCCCCCC)c1=2. The van der Waals surface area contributed by atoms with Crippen LogP contribution in [-0.4, -0.2) is 34.1 Å². The number of carbonyl (C=O) groups excluding carboxylic acids is 4. The summed E-state index contributed by atoms with van der Waals surface area (Å²) in [6.07, 6.45) is 18.9. The summed E-state index contributed by atoms with van der Waals surface area (Å²) in [6.45, 7) is 8.50. The molecular formula is C52H68O10. The summed E-state index contributed by atoms with van der Waals surface area (Å²) in [4.78, 5) is 55.1. The molecular weight excluding hydrogens is 785 g/mol. The fourth-order valence-electron chi connectivity index (χ4n) is 8.37. The van der Waals surface area contributed by atoms with Crippen LogP contribution in [0.4, 0.5) is 0 Å². The molecule has 0 fully saturated rings. The molecule has 0 aromatic heterocycles. The molecule has 2 N–H and O–H groups in total. The molecule has 0 aliphatic heterocycles. The fourth-order valence-corrected chi connectivity index (χ4v) is 8.37. The molecule has 10 heteroatoms. The molecule has 0 saturated heterocycles. The van der Waals surface area contributed by atoms with Crippen LogP contribution >= 0.6 is 0 Å². The van der Waals surface area contributed by atoms with Gasteiger partial charge in [0.2, 0.25) is 0 Å². The Balaban J connectivity index is 1.80. The van der Waals surface area contributed by atoms with Gasteiger partial charge in [-0.15, -0.1) is 0 Å². The van der Waals surface area contributed by atoms with E-state index in [1.54, 1.807) is 24.3 Å². The quantitative estimate of drug-likeness (QED) is 0.0283. The zero-order chi connectivity index (χ0) is 44.4. The third kappa shape index (κ3) is 12.1. The summed E-state index contributed by atoms with van der Waals surface area (Å²) >= 11 is 0. The summed E-state index contributed by atoms with van der Waals surface area (Å²) in [5, 5.41) is 25.2. The molecule has 1 aliphatic carbocycles.